The molecular formula is C14H24N6O2. The highest BCUT2D eigenvalue weighted by molar-refractivity contribution is 5.74. The number of fused-ring (bicyclic) bond motifs is 1. The third-order valence-corrected chi connectivity index (χ3v) is 3.56. The fourth-order valence-corrected chi connectivity index (χ4v) is 2.43. The van der Waals surface area contributed by atoms with Crippen molar-refractivity contribution >= 4 is 17.1 Å². The van der Waals surface area contributed by atoms with Gasteiger partial charge in [0.25, 0.3) is 5.56 Å². The molecule has 3 N–H and O–H groups in total. The fourth-order valence-electron chi connectivity index (χ4n) is 2.43. The summed E-state index contributed by atoms with van der Waals surface area (Å²) in [5.74, 6) is 0.949. The summed E-state index contributed by atoms with van der Waals surface area (Å²) in [6, 6.07) is 0. The molecule has 2 heterocycles. The average Bonchev–Trinajstić information content (AvgIpc) is 2.81. The van der Waals surface area contributed by atoms with Crippen LogP contribution in [0.1, 0.15) is 20.3 Å². The molecule has 0 spiro atoms. The molecule has 0 aliphatic rings. The van der Waals surface area contributed by atoms with E-state index >= 15 is 0 Å². The van der Waals surface area contributed by atoms with Crippen molar-refractivity contribution in [2.75, 3.05) is 18.4 Å². The molecule has 0 aliphatic heterocycles. The lowest BCUT2D eigenvalue weighted by Crippen LogP contribution is -2.37. The minimum Gasteiger partial charge on any atom is -0.356 e. The van der Waals surface area contributed by atoms with Crippen LogP contribution in [0.5, 0.6) is 0 Å². The Hall–Kier alpha value is -2.09. The largest absolute Gasteiger partial charge is 0.356 e. The van der Waals surface area contributed by atoms with E-state index in [2.05, 4.69) is 24.1 Å². The predicted octanol–water partition coefficient (Wildman–Crippen LogP) is -0.150. The first-order chi connectivity index (χ1) is 10.4. The zero-order chi connectivity index (χ0) is 16.4. The number of nitrogens with zero attached hydrogens (tertiary/aromatic N) is 4. The first-order valence-corrected chi connectivity index (χ1v) is 7.48. The zero-order valence-electron chi connectivity index (χ0n) is 13.6. The highest BCUT2D eigenvalue weighted by Gasteiger charge is 2.19. The second kappa shape index (κ2) is 6.35. The van der Waals surface area contributed by atoms with Gasteiger partial charge in [0.05, 0.1) is 0 Å². The lowest BCUT2D eigenvalue weighted by Gasteiger charge is -2.12. The summed E-state index contributed by atoms with van der Waals surface area (Å²) in [6.07, 6.45) is 0.807. The topological polar surface area (TPSA) is 99.9 Å². The Bertz CT molecular complexity index is 783. The van der Waals surface area contributed by atoms with Gasteiger partial charge in [0.1, 0.15) is 0 Å². The van der Waals surface area contributed by atoms with E-state index in [0.29, 0.717) is 42.7 Å². The quantitative estimate of drug-likeness (QED) is 0.723. The minimum absolute atomic E-state index is 0.321. The van der Waals surface area contributed by atoms with Crippen LogP contribution in [0.3, 0.4) is 0 Å². The van der Waals surface area contributed by atoms with Crippen molar-refractivity contribution in [3.63, 3.8) is 0 Å². The molecule has 0 fully saturated rings. The number of aryl methyl sites for hydroxylation is 1. The van der Waals surface area contributed by atoms with Crippen LogP contribution in [-0.4, -0.2) is 31.8 Å². The van der Waals surface area contributed by atoms with Crippen LogP contribution in [0.4, 0.5) is 5.95 Å². The molecular weight excluding hydrogens is 284 g/mol. The monoisotopic (exact) mass is 308 g/mol. The number of nitrogens with two attached hydrogens (primary N) is 1. The lowest BCUT2D eigenvalue weighted by atomic mass is 10.2. The molecule has 0 aromatic carbocycles. The third kappa shape index (κ3) is 2.78. The summed E-state index contributed by atoms with van der Waals surface area (Å²) < 4.78 is 4.38. The maximum atomic E-state index is 12.5. The van der Waals surface area contributed by atoms with Crippen LogP contribution in [0, 0.1) is 5.92 Å². The maximum Gasteiger partial charge on any atom is 0.332 e. The Labute approximate surface area is 128 Å². The molecule has 0 atom stereocenters. The van der Waals surface area contributed by atoms with Gasteiger partial charge in [-0.2, -0.15) is 4.98 Å². The molecule has 22 heavy (non-hydrogen) atoms. The molecule has 2 aromatic heterocycles. The molecule has 122 valence electrons. The Morgan fingerprint density at radius 2 is 1.91 bits per heavy atom. The fraction of sp³-hybridized carbons (Fsp3) is 0.643. The molecule has 2 aromatic rings. The van der Waals surface area contributed by atoms with Gasteiger partial charge in [-0.3, -0.25) is 13.9 Å². The van der Waals surface area contributed by atoms with E-state index in [1.807, 2.05) is 4.57 Å². The number of imidazole rings is 1. The van der Waals surface area contributed by atoms with E-state index in [-0.39, 0.29) is 11.2 Å². The molecule has 0 amide bonds. The molecule has 0 saturated heterocycles. The Morgan fingerprint density at radius 3 is 2.50 bits per heavy atom. The van der Waals surface area contributed by atoms with E-state index in [1.165, 1.54) is 11.6 Å². The van der Waals surface area contributed by atoms with Crippen LogP contribution in [0.2, 0.25) is 0 Å². The smallest absolute Gasteiger partial charge is 0.332 e. The van der Waals surface area contributed by atoms with Crippen molar-refractivity contribution in [3.05, 3.63) is 20.8 Å². The SMILES string of the molecule is CC(C)Cn1c(NCCCN)nc2c1c(=O)n(C)c(=O)n2C. The number of rotatable bonds is 6. The molecule has 8 nitrogen and oxygen atoms in total. The van der Waals surface area contributed by atoms with Gasteiger partial charge >= 0.3 is 5.69 Å². The second-order valence-electron chi connectivity index (χ2n) is 5.89. The number of hydrogen-bond donors (Lipinski definition) is 2. The van der Waals surface area contributed by atoms with E-state index in [0.717, 1.165) is 11.0 Å². The van der Waals surface area contributed by atoms with E-state index < -0.39 is 0 Å². The highest BCUT2D eigenvalue weighted by Crippen LogP contribution is 2.17. The number of aromatic nitrogens is 4. The molecule has 0 unspecified atom stereocenters. The standard InChI is InChI=1S/C14H24N6O2/c1-9(2)8-20-10-11(17-13(20)16-7-5-6-15)18(3)14(22)19(4)12(10)21/h9H,5-8,15H2,1-4H3,(H,16,17). The summed E-state index contributed by atoms with van der Waals surface area (Å²) in [7, 11) is 3.11. The van der Waals surface area contributed by atoms with Crippen molar-refractivity contribution in [1.82, 2.24) is 18.7 Å². The molecule has 0 bridgehead atoms. The Balaban J connectivity index is 2.69. The summed E-state index contributed by atoms with van der Waals surface area (Å²) in [6.45, 7) is 6.04. The molecule has 0 aliphatic carbocycles. The molecule has 0 radical (unpaired) electrons. The molecule has 0 saturated carbocycles. The zero-order valence-corrected chi connectivity index (χ0v) is 13.6. The van der Waals surface area contributed by atoms with Crippen LogP contribution >= 0.6 is 0 Å². The molecule has 8 heteroatoms. The summed E-state index contributed by atoms with van der Waals surface area (Å²) >= 11 is 0. The highest BCUT2D eigenvalue weighted by atomic mass is 16.2. The van der Waals surface area contributed by atoms with E-state index in [9.17, 15) is 9.59 Å². The molecule has 2 rings (SSSR count). The summed E-state index contributed by atoms with van der Waals surface area (Å²) in [5, 5.41) is 3.21. The van der Waals surface area contributed by atoms with Gasteiger partial charge in [-0.15, -0.1) is 0 Å². The summed E-state index contributed by atoms with van der Waals surface area (Å²) in [5.41, 5.74) is 5.67. The summed E-state index contributed by atoms with van der Waals surface area (Å²) in [4.78, 5) is 29.0. The van der Waals surface area contributed by atoms with Gasteiger partial charge in [-0.1, -0.05) is 13.8 Å². The van der Waals surface area contributed by atoms with Gasteiger partial charge in [-0.05, 0) is 18.9 Å². The van der Waals surface area contributed by atoms with Crippen molar-refractivity contribution in [3.8, 4) is 0 Å². The van der Waals surface area contributed by atoms with Gasteiger partial charge in [-0.25, -0.2) is 4.79 Å². The minimum atomic E-state index is -0.375. The normalized spacial score (nSPS) is 11.5. The van der Waals surface area contributed by atoms with Crippen LogP contribution in [0.15, 0.2) is 9.59 Å². The van der Waals surface area contributed by atoms with E-state index in [4.69, 9.17) is 5.73 Å². The van der Waals surface area contributed by atoms with Crippen LogP contribution < -0.4 is 22.3 Å². The number of hydrogen-bond acceptors (Lipinski definition) is 5. The van der Waals surface area contributed by atoms with Crippen molar-refractivity contribution < 1.29 is 0 Å². The first-order valence-electron chi connectivity index (χ1n) is 7.48. The Morgan fingerprint density at radius 1 is 1.23 bits per heavy atom. The van der Waals surface area contributed by atoms with Gasteiger partial charge in [0, 0.05) is 27.2 Å². The van der Waals surface area contributed by atoms with Crippen molar-refractivity contribution in [1.29, 1.82) is 0 Å². The number of anilines is 1. The van der Waals surface area contributed by atoms with Gasteiger partial charge < -0.3 is 15.6 Å². The average molecular weight is 308 g/mol. The lowest BCUT2D eigenvalue weighted by molar-refractivity contribution is 0.533. The maximum absolute atomic E-state index is 12.5. The number of nitrogens with one attached hydrogen (secondary N) is 1. The van der Waals surface area contributed by atoms with E-state index in [1.54, 1.807) is 7.05 Å². The predicted molar refractivity (Wildman–Crippen MR) is 87.2 cm³/mol. The van der Waals surface area contributed by atoms with Gasteiger partial charge in [0.15, 0.2) is 11.2 Å². The van der Waals surface area contributed by atoms with Crippen LogP contribution in [-0.2, 0) is 20.6 Å². The van der Waals surface area contributed by atoms with Crippen molar-refractivity contribution in [2.45, 2.75) is 26.8 Å². The van der Waals surface area contributed by atoms with Crippen molar-refractivity contribution in [2.24, 2.45) is 25.7 Å². The second-order valence-corrected chi connectivity index (χ2v) is 5.89. The van der Waals surface area contributed by atoms with Gasteiger partial charge in [0.2, 0.25) is 5.95 Å². The first kappa shape index (κ1) is 16.3. The Kier molecular flexibility index (Phi) is 4.70. The van der Waals surface area contributed by atoms with Crippen LogP contribution in [0.25, 0.3) is 11.2 Å². The third-order valence-electron chi connectivity index (χ3n) is 3.56.